The maximum Gasteiger partial charge on any atom is 0.436 e. The highest BCUT2D eigenvalue weighted by molar-refractivity contribution is 7.81. The van der Waals surface area contributed by atoms with Crippen molar-refractivity contribution in [1.29, 1.82) is 0 Å². The predicted octanol–water partition coefficient (Wildman–Crippen LogP) is 3.30. The van der Waals surface area contributed by atoms with Gasteiger partial charge in [0.25, 0.3) is 5.00 Å². The van der Waals surface area contributed by atoms with E-state index in [-0.39, 0.29) is 0 Å². The van der Waals surface area contributed by atoms with E-state index in [2.05, 4.69) is 12.6 Å². The lowest BCUT2D eigenvalue weighted by Crippen LogP contribution is -2.32. The summed E-state index contributed by atoms with van der Waals surface area (Å²) in [6, 6.07) is 6.24. The second kappa shape index (κ2) is 3.21. The fraction of sp³-hybridized carbons (Fsp3) is 0.250. The van der Waals surface area contributed by atoms with Gasteiger partial charge in [0.1, 0.15) is 0 Å². The SMILES string of the molecule is FC(F)(F)C(F)(S)c1ccccc1. The molecule has 1 unspecified atom stereocenters. The van der Waals surface area contributed by atoms with E-state index in [0.29, 0.717) is 0 Å². The third-order valence-corrected chi connectivity index (χ3v) is 2.04. The van der Waals surface area contributed by atoms with Crippen molar-refractivity contribution in [3.05, 3.63) is 35.9 Å². The Hall–Kier alpha value is -0.710. The summed E-state index contributed by atoms with van der Waals surface area (Å²) >= 11 is 2.97. The molecular formula is C8H6F4S. The van der Waals surface area contributed by atoms with E-state index in [0.717, 1.165) is 12.1 Å². The highest BCUT2D eigenvalue weighted by Gasteiger charge is 2.54. The van der Waals surface area contributed by atoms with Crippen molar-refractivity contribution in [2.45, 2.75) is 11.2 Å². The summed E-state index contributed by atoms with van der Waals surface area (Å²) in [5, 5.41) is -3.58. The Morgan fingerprint density at radius 2 is 1.38 bits per heavy atom. The molecule has 0 nitrogen and oxygen atoms in total. The Bertz CT molecular complexity index is 278. The zero-order chi connectivity index (χ0) is 10.1. The Morgan fingerprint density at radius 1 is 0.923 bits per heavy atom. The van der Waals surface area contributed by atoms with Crippen molar-refractivity contribution in [1.82, 2.24) is 0 Å². The van der Waals surface area contributed by atoms with Crippen LogP contribution in [0.5, 0.6) is 0 Å². The van der Waals surface area contributed by atoms with E-state index < -0.39 is 16.7 Å². The molecule has 0 fully saturated rings. The lowest BCUT2D eigenvalue weighted by molar-refractivity contribution is -0.197. The normalized spacial score (nSPS) is 16.7. The summed E-state index contributed by atoms with van der Waals surface area (Å²) in [7, 11) is 0. The van der Waals surface area contributed by atoms with Crippen LogP contribution in [0.4, 0.5) is 17.6 Å². The fourth-order valence-corrected chi connectivity index (χ4v) is 0.972. The van der Waals surface area contributed by atoms with E-state index in [1.54, 1.807) is 0 Å². The van der Waals surface area contributed by atoms with Gasteiger partial charge in [0, 0.05) is 5.56 Å². The molecule has 5 heteroatoms. The Kier molecular flexibility index (Phi) is 2.56. The molecule has 1 aromatic carbocycles. The van der Waals surface area contributed by atoms with Crippen LogP contribution in [0.25, 0.3) is 0 Å². The molecule has 0 aromatic heterocycles. The zero-order valence-electron chi connectivity index (χ0n) is 6.35. The standard InChI is InChI=1S/C8H6F4S/c9-7(13,8(10,11)12)6-4-2-1-3-5-6/h1-5,13H. The summed E-state index contributed by atoms with van der Waals surface area (Å²) in [6.07, 6.45) is -5.00. The second-order valence-corrected chi connectivity index (χ2v) is 3.10. The molecule has 0 saturated carbocycles. The van der Waals surface area contributed by atoms with Crippen LogP contribution in [0.2, 0.25) is 0 Å². The lowest BCUT2D eigenvalue weighted by atomic mass is 10.1. The number of benzene rings is 1. The van der Waals surface area contributed by atoms with Crippen LogP contribution in [0, 0.1) is 0 Å². The largest absolute Gasteiger partial charge is 0.436 e. The molecule has 72 valence electrons. The van der Waals surface area contributed by atoms with Gasteiger partial charge in [-0.2, -0.15) is 13.2 Å². The van der Waals surface area contributed by atoms with Crippen molar-refractivity contribution < 1.29 is 17.6 Å². The van der Waals surface area contributed by atoms with Crippen molar-refractivity contribution >= 4 is 12.6 Å². The van der Waals surface area contributed by atoms with Gasteiger partial charge in [-0.3, -0.25) is 0 Å². The molecule has 0 bridgehead atoms. The van der Waals surface area contributed by atoms with E-state index in [9.17, 15) is 17.6 Å². The van der Waals surface area contributed by atoms with Gasteiger partial charge >= 0.3 is 6.18 Å². The number of hydrogen-bond donors (Lipinski definition) is 1. The van der Waals surface area contributed by atoms with E-state index in [1.807, 2.05) is 0 Å². The van der Waals surface area contributed by atoms with Crippen LogP contribution in [0.1, 0.15) is 5.56 Å². The second-order valence-electron chi connectivity index (χ2n) is 2.49. The quantitative estimate of drug-likeness (QED) is 0.533. The van der Waals surface area contributed by atoms with Gasteiger partial charge in [0.15, 0.2) is 0 Å². The average molecular weight is 210 g/mol. The van der Waals surface area contributed by atoms with Crippen molar-refractivity contribution in [2.24, 2.45) is 0 Å². The van der Waals surface area contributed by atoms with Crippen LogP contribution in [0.3, 0.4) is 0 Å². The first-order valence-corrected chi connectivity index (χ1v) is 3.84. The predicted molar refractivity (Wildman–Crippen MR) is 44.3 cm³/mol. The van der Waals surface area contributed by atoms with Gasteiger partial charge in [0.2, 0.25) is 0 Å². The molecule has 0 aliphatic rings. The Balaban J connectivity index is 3.08. The Morgan fingerprint density at radius 3 is 1.77 bits per heavy atom. The molecule has 1 atom stereocenters. The van der Waals surface area contributed by atoms with Crippen LogP contribution in [0.15, 0.2) is 30.3 Å². The zero-order valence-corrected chi connectivity index (χ0v) is 7.24. The Labute approximate surface area is 78.0 Å². The minimum absolute atomic E-state index is 0.508. The van der Waals surface area contributed by atoms with Crippen molar-refractivity contribution in [2.75, 3.05) is 0 Å². The van der Waals surface area contributed by atoms with Gasteiger partial charge in [-0.1, -0.05) is 30.3 Å². The van der Waals surface area contributed by atoms with Gasteiger partial charge < -0.3 is 0 Å². The minimum Gasteiger partial charge on any atom is -0.217 e. The molecule has 13 heavy (non-hydrogen) atoms. The van der Waals surface area contributed by atoms with Gasteiger partial charge in [-0.05, 0) is 0 Å². The first kappa shape index (κ1) is 10.4. The number of rotatable bonds is 1. The molecule has 1 aromatic rings. The maximum atomic E-state index is 13.1. The molecule has 0 spiro atoms. The summed E-state index contributed by atoms with van der Waals surface area (Å²) in [6.45, 7) is 0. The molecule has 0 heterocycles. The minimum atomic E-state index is -5.00. The van der Waals surface area contributed by atoms with Crippen LogP contribution >= 0.6 is 12.6 Å². The molecule has 0 aliphatic carbocycles. The third-order valence-electron chi connectivity index (χ3n) is 1.53. The van der Waals surface area contributed by atoms with E-state index >= 15 is 0 Å². The fourth-order valence-electron chi connectivity index (χ4n) is 0.823. The number of alkyl halides is 4. The third kappa shape index (κ3) is 1.96. The number of thiol groups is 1. The topological polar surface area (TPSA) is 0 Å². The summed E-state index contributed by atoms with van der Waals surface area (Å²) in [5.74, 6) is 0. The van der Waals surface area contributed by atoms with Crippen LogP contribution in [-0.4, -0.2) is 6.18 Å². The average Bonchev–Trinajstić information content (AvgIpc) is 2.04. The monoisotopic (exact) mass is 210 g/mol. The number of halogens is 4. The van der Waals surface area contributed by atoms with E-state index in [1.165, 1.54) is 18.2 Å². The van der Waals surface area contributed by atoms with Crippen LogP contribution in [-0.2, 0) is 5.00 Å². The van der Waals surface area contributed by atoms with Crippen LogP contribution < -0.4 is 0 Å². The summed E-state index contributed by atoms with van der Waals surface area (Å²) in [5.41, 5.74) is -0.508. The molecule has 0 radical (unpaired) electrons. The number of hydrogen-bond acceptors (Lipinski definition) is 1. The highest BCUT2D eigenvalue weighted by atomic mass is 32.1. The smallest absolute Gasteiger partial charge is 0.217 e. The molecule has 0 amide bonds. The maximum absolute atomic E-state index is 13.1. The molecule has 0 N–H and O–H groups in total. The first-order chi connectivity index (χ1) is 5.86. The summed E-state index contributed by atoms with van der Waals surface area (Å²) < 4.78 is 49.3. The van der Waals surface area contributed by atoms with Gasteiger partial charge in [-0.25, -0.2) is 4.39 Å². The molecule has 0 aliphatic heterocycles. The highest BCUT2D eigenvalue weighted by Crippen LogP contribution is 2.45. The lowest BCUT2D eigenvalue weighted by Gasteiger charge is -2.22. The summed E-state index contributed by atoms with van der Waals surface area (Å²) in [4.78, 5) is 0. The van der Waals surface area contributed by atoms with Crippen molar-refractivity contribution in [3.8, 4) is 0 Å². The first-order valence-electron chi connectivity index (χ1n) is 3.39. The molecular weight excluding hydrogens is 204 g/mol. The van der Waals surface area contributed by atoms with E-state index in [4.69, 9.17) is 0 Å². The van der Waals surface area contributed by atoms with Gasteiger partial charge in [0.05, 0.1) is 0 Å². The molecule has 0 saturated heterocycles. The van der Waals surface area contributed by atoms with Gasteiger partial charge in [-0.15, -0.1) is 12.6 Å². The molecule has 1 rings (SSSR count). The van der Waals surface area contributed by atoms with Crippen molar-refractivity contribution in [3.63, 3.8) is 0 Å².